The minimum absolute atomic E-state index is 0.173. The summed E-state index contributed by atoms with van der Waals surface area (Å²) in [6.07, 6.45) is -5.42. The van der Waals surface area contributed by atoms with Crippen LogP contribution in [0, 0.1) is 0 Å². The maximum absolute atomic E-state index is 12.1. The number of amides is 2. The Morgan fingerprint density at radius 1 is 0.541 bits per heavy atom. The lowest BCUT2D eigenvalue weighted by molar-refractivity contribution is -0.253. The smallest absolute Gasteiger partial charge is 0.220 e. The van der Waals surface area contributed by atoms with E-state index in [9.17, 15) is 40.2 Å². The fourth-order valence-electron chi connectivity index (χ4n) is 4.48. The van der Waals surface area contributed by atoms with Crippen molar-refractivity contribution < 1.29 is 59.9 Å². The van der Waals surface area contributed by atoms with Gasteiger partial charge in [-0.25, -0.2) is 0 Å². The maximum Gasteiger partial charge on any atom is 0.220 e. The summed E-state index contributed by atoms with van der Waals surface area (Å²) in [5, 5.41) is 82.7. The lowest BCUT2D eigenvalue weighted by Crippen LogP contribution is -2.64. The van der Waals surface area contributed by atoms with E-state index in [1.165, 1.54) is 0 Å². The van der Waals surface area contributed by atoms with Gasteiger partial charge in [-0.15, -0.1) is 0 Å². The second kappa shape index (κ2) is 15.8. The number of aliphatic hydroxyl groups excluding tert-OH is 8. The Kier molecular flexibility index (Phi) is 13.6. The quantitative estimate of drug-likeness (QED) is 0.0963. The van der Waals surface area contributed by atoms with Gasteiger partial charge in [0, 0.05) is 12.8 Å². The first-order valence-electron chi connectivity index (χ1n) is 12.8. The van der Waals surface area contributed by atoms with Gasteiger partial charge in [-0.3, -0.25) is 9.59 Å². The number of aliphatic hydroxyl groups is 8. The van der Waals surface area contributed by atoms with Crippen LogP contribution in [0.5, 0.6) is 0 Å². The van der Waals surface area contributed by atoms with E-state index < -0.39 is 86.3 Å². The molecular formula is C23H42N2O12. The summed E-state index contributed by atoms with van der Waals surface area (Å²) in [5.74, 6) is -0.796. The number of carbonyl (C=O) groups is 2. The minimum Gasteiger partial charge on any atom is -0.394 e. The number of nitrogens with one attached hydrogen (secondary N) is 2. The second-order valence-electron chi connectivity index (χ2n) is 9.62. The number of carbonyl (C=O) groups excluding carboxylic acids is 2. The molecule has 10 N–H and O–H groups in total. The molecule has 2 saturated heterocycles. The van der Waals surface area contributed by atoms with Gasteiger partial charge in [-0.1, -0.05) is 32.1 Å². The zero-order chi connectivity index (χ0) is 27.5. The van der Waals surface area contributed by atoms with E-state index in [4.69, 9.17) is 19.7 Å². The Balaban J connectivity index is 1.51. The predicted molar refractivity (Wildman–Crippen MR) is 125 cm³/mol. The third kappa shape index (κ3) is 9.35. The number of unbranched alkanes of at least 4 members (excludes halogenated alkanes) is 6. The van der Waals surface area contributed by atoms with Crippen molar-refractivity contribution in [3.63, 3.8) is 0 Å². The van der Waals surface area contributed by atoms with Crippen molar-refractivity contribution in [3.8, 4) is 0 Å². The van der Waals surface area contributed by atoms with Crippen molar-refractivity contribution in [2.24, 2.45) is 0 Å². The summed E-state index contributed by atoms with van der Waals surface area (Å²) >= 11 is 0. The molecule has 2 aliphatic rings. The van der Waals surface area contributed by atoms with Crippen LogP contribution < -0.4 is 10.6 Å². The molecule has 0 aromatic heterocycles. The van der Waals surface area contributed by atoms with Crippen LogP contribution in [0.15, 0.2) is 0 Å². The highest BCUT2D eigenvalue weighted by Gasteiger charge is 2.45. The third-order valence-electron chi connectivity index (χ3n) is 6.76. The highest BCUT2D eigenvalue weighted by molar-refractivity contribution is 5.76. The first-order valence-corrected chi connectivity index (χ1v) is 12.8. The Morgan fingerprint density at radius 2 is 0.865 bits per heavy atom. The van der Waals surface area contributed by atoms with E-state index in [1.54, 1.807) is 0 Å². The Labute approximate surface area is 215 Å². The summed E-state index contributed by atoms with van der Waals surface area (Å²) in [4.78, 5) is 24.2. The van der Waals surface area contributed by atoms with Crippen molar-refractivity contribution in [2.45, 2.75) is 119 Å². The van der Waals surface area contributed by atoms with Crippen LogP contribution in [0.1, 0.15) is 57.8 Å². The largest absolute Gasteiger partial charge is 0.394 e. The van der Waals surface area contributed by atoms with Crippen LogP contribution in [-0.2, 0) is 19.1 Å². The standard InChI is InChI=1S/C23H42N2O12/c26-10-12-18(30)20(32)16(22(34)36-12)24-14(28)8-6-4-2-1-3-5-7-9-15(29)25-17-21(33)19(31)13(11-27)37-23(17)35/h12-13,16-23,26-27,30-35H,1-11H2,(H,24,28)(H,25,29)/t12-,13-,16-,17-,18-,19-,20-,21-,22?,23?/m1/s1. The molecular weight excluding hydrogens is 496 g/mol. The third-order valence-corrected chi connectivity index (χ3v) is 6.76. The number of hydrogen-bond acceptors (Lipinski definition) is 12. The summed E-state index contributed by atoms with van der Waals surface area (Å²) in [7, 11) is 0. The van der Waals surface area contributed by atoms with E-state index in [0.717, 1.165) is 32.1 Å². The van der Waals surface area contributed by atoms with Crippen molar-refractivity contribution in [3.05, 3.63) is 0 Å². The Bertz CT molecular complexity index is 645. The van der Waals surface area contributed by atoms with E-state index in [1.807, 2.05) is 0 Å². The highest BCUT2D eigenvalue weighted by Crippen LogP contribution is 2.21. The Morgan fingerprint density at radius 3 is 1.19 bits per heavy atom. The van der Waals surface area contributed by atoms with Gasteiger partial charge in [-0.2, -0.15) is 0 Å². The summed E-state index contributed by atoms with van der Waals surface area (Å²) in [6.45, 7) is -1.16. The molecule has 37 heavy (non-hydrogen) atoms. The topological polar surface area (TPSA) is 238 Å². The first-order chi connectivity index (χ1) is 17.6. The average Bonchev–Trinajstić information content (AvgIpc) is 2.87. The second-order valence-corrected chi connectivity index (χ2v) is 9.62. The van der Waals surface area contributed by atoms with Crippen LogP contribution >= 0.6 is 0 Å². The van der Waals surface area contributed by atoms with Gasteiger partial charge in [0.25, 0.3) is 0 Å². The van der Waals surface area contributed by atoms with E-state index in [2.05, 4.69) is 10.6 Å². The number of ether oxygens (including phenoxy) is 2. The molecule has 2 amide bonds. The first kappa shape index (κ1) is 31.8. The van der Waals surface area contributed by atoms with Crippen LogP contribution in [-0.4, -0.2) is 127 Å². The van der Waals surface area contributed by atoms with Crippen LogP contribution in [0.25, 0.3) is 0 Å². The van der Waals surface area contributed by atoms with E-state index in [0.29, 0.717) is 12.8 Å². The Hall–Kier alpha value is -1.46. The van der Waals surface area contributed by atoms with Gasteiger partial charge in [-0.05, 0) is 12.8 Å². The van der Waals surface area contributed by atoms with Crippen LogP contribution in [0.2, 0.25) is 0 Å². The zero-order valence-electron chi connectivity index (χ0n) is 20.8. The van der Waals surface area contributed by atoms with Crippen molar-refractivity contribution >= 4 is 11.8 Å². The fraction of sp³-hybridized carbons (Fsp3) is 0.913. The van der Waals surface area contributed by atoms with Gasteiger partial charge in [0.1, 0.15) is 48.7 Å². The molecule has 0 aromatic rings. The van der Waals surface area contributed by atoms with Gasteiger partial charge in [0.05, 0.1) is 13.2 Å². The summed E-state index contributed by atoms with van der Waals surface area (Å²) in [6, 6.07) is -2.38. The summed E-state index contributed by atoms with van der Waals surface area (Å²) in [5.41, 5.74) is 0. The minimum atomic E-state index is -1.54. The molecule has 216 valence electrons. The molecule has 14 nitrogen and oxygen atoms in total. The zero-order valence-corrected chi connectivity index (χ0v) is 20.8. The molecule has 14 heteroatoms. The number of hydrogen-bond donors (Lipinski definition) is 10. The monoisotopic (exact) mass is 538 g/mol. The van der Waals surface area contributed by atoms with Crippen LogP contribution in [0.3, 0.4) is 0 Å². The number of rotatable bonds is 14. The molecule has 0 saturated carbocycles. The molecule has 2 rings (SSSR count). The van der Waals surface area contributed by atoms with Gasteiger partial charge >= 0.3 is 0 Å². The van der Waals surface area contributed by atoms with E-state index >= 15 is 0 Å². The molecule has 0 aromatic carbocycles. The van der Waals surface area contributed by atoms with Crippen molar-refractivity contribution in [2.75, 3.05) is 13.2 Å². The fourth-order valence-corrected chi connectivity index (χ4v) is 4.48. The van der Waals surface area contributed by atoms with Crippen molar-refractivity contribution in [1.82, 2.24) is 10.6 Å². The highest BCUT2D eigenvalue weighted by atomic mass is 16.6. The van der Waals surface area contributed by atoms with Crippen molar-refractivity contribution in [1.29, 1.82) is 0 Å². The predicted octanol–water partition coefficient (Wildman–Crippen LogP) is -3.67. The lowest BCUT2D eigenvalue weighted by Gasteiger charge is -2.40. The molecule has 0 spiro atoms. The van der Waals surface area contributed by atoms with Gasteiger partial charge in [0.15, 0.2) is 12.6 Å². The molecule has 2 fully saturated rings. The molecule has 2 heterocycles. The molecule has 0 radical (unpaired) electrons. The van der Waals surface area contributed by atoms with Gasteiger partial charge < -0.3 is 61.0 Å². The van der Waals surface area contributed by atoms with E-state index in [-0.39, 0.29) is 12.8 Å². The molecule has 10 atom stereocenters. The summed E-state index contributed by atoms with van der Waals surface area (Å²) < 4.78 is 10.0. The normalized spacial score (nSPS) is 36.2. The maximum atomic E-state index is 12.1. The van der Waals surface area contributed by atoms with Crippen LogP contribution in [0.4, 0.5) is 0 Å². The molecule has 2 aliphatic heterocycles. The van der Waals surface area contributed by atoms with Gasteiger partial charge in [0.2, 0.25) is 11.8 Å². The molecule has 2 unspecified atom stereocenters. The average molecular weight is 539 g/mol. The molecule has 0 aliphatic carbocycles. The lowest BCUT2D eigenvalue weighted by atomic mass is 9.97. The SMILES string of the molecule is O=C(CCCCCCCCCC(=O)N[C@H]1C(O)O[C@H](CO)[C@@H](O)[C@@H]1O)N[C@H]1C(O)O[C@H](CO)[C@@H](O)[C@@H]1O. The molecule has 0 bridgehead atoms.